The van der Waals surface area contributed by atoms with Crippen LogP contribution in [0, 0.1) is 18.3 Å². The summed E-state index contributed by atoms with van der Waals surface area (Å²) in [6, 6.07) is 4.94. The van der Waals surface area contributed by atoms with Crippen LogP contribution in [0.2, 0.25) is 0 Å². The lowest BCUT2D eigenvalue weighted by molar-refractivity contribution is 0.0695. The monoisotopic (exact) mass is 190 g/mol. The van der Waals surface area contributed by atoms with E-state index in [1.54, 1.807) is 13.0 Å². The molecule has 4 heteroatoms. The van der Waals surface area contributed by atoms with E-state index in [9.17, 15) is 4.79 Å². The molecular weight excluding hydrogens is 180 g/mol. The average molecular weight is 190 g/mol. The Morgan fingerprint density at radius 3 is 2.71 bits per heavy atom. The summed E-state index contributed by atoms with van der Waals surface area (Å²) in [7, 11) is 0. The SMILES string of the molecule is Cc1cc(CN)c(C(=O)O)cc1C#N. The predicted octanol–water partition coefficient (Wildman–Crippen LogP) is 1.02. The van der Waals surface area contributed by atoms with Gasteiger partial charge in [-0.3, -0.25) is 0 Å². The minimum absolute atomic E-state index is 0.106. The maximum absolute atomic E-state index is 10.8. The van der Waals surface area contributed by atoms with Crippen molar-refractivity contribution in [1.82, 2.24) is 0 Å². The molecule has 0 aliphatic rings. The molecule has 0 atom stereocenters. The summed E-state index contributed by atoms with van der Waals surface area (Å²) >= 11 is 0. The minimum Gasteiger partial charge on any atom is -0.478 e. The Balaban J connectivity index is 3.42. The Morgan fingerprint density at radius 1 is 1.64 bits per heavy atom. The van der Waals surface area contributed by atoms with Crippen molar-refractivity contribution in [2.24, 2.45) is 5.73 Å². The molecule has 0 fully saturated rings. The molecule has 0 saturated heterocycles. The maximum Gasteiger partial charge on any atom is 0.336 e. The summed E-state index contributed by atoms with van der Waals surface area (Å²) in [5, 5.41) is 17.6. The van der Waals surface area contributed by atoms with Gasteiger partial charge in [-0.05, 0) is 24.1 Å². The molecule has 0 unspecified atom stereocenters. The molecular formula is C10H10N2O2. The highest BCUT2D eigenvalue weighted by Crippen LogP contribution is 2.15. The van der Waals surface area contributed by atoms with Gasteiger partial charge in [0.05, 0.1) is 17.2 Å². The number of nitriles is 1. The average Bonchev–Trinajstić information content (AvgIpc) is 2.16. The van der Waals surface area contributed by atoms with Gasteiger partial charge in [0.25, 0.3) is 0 Å². The van der Waals surface area contributed by atoms with E-state index in [0.29, 0.717) is 11.1 Å². The van der Waals surface area contributed by atoms with Crippen LogP contribution in [-0.2, 0) is 6.54 Å². The molecule has 0 radical (unpaired) electrons. The third-order valence-corrected chi connectivity index (χ3v) is 2.02. The molecule has 0 saturated carbocycles. The van der Waals surface area contributed by atoms with Crippen molar-refractivity contribution in [3.63, 3.8) is 0 Å². The Hall–Kier alpha value is -1.86. The number of carbonyl (C=O) groups is 1. The summed E-state index contributed by atoms with van der Waals surface area (Å²) in [5.41, 5.74) is 7.18. The Kier molecular flexibility index (Phi) is 2.85. The van der Waals surface area contributed by atoms with Crippen LogP contribution in [0.1, 0.15) is 27.0 Å². The Morgan fingerprint density at radius 2 is 2.29 bits per heavy atom. The van der Waals surface area contributed by atoms with Crippen LogP contribution in [0.25, 0.3) is 0 Å². The van der Waals surface area contributed by atoms with Crippen LogP contribution in [0.15, 0.2) is 12.1 Å². The van der Waals surface area contributed by atoms with Gasteiger partial charge in [-0.25, -0.2) is 4.79 Å². The van der Waals surface area contributed by atoms with Crippen LogP contribution in [0.3, 0.4) is 0 Å². The lowest BCUT2D eigenvalue weighted by Gasteiger charge is -2.06. The molecule has 4 nitrogen and oxygen atoms in total. The quantitative estimate of drug-likeness (QED) is 0.728. The molecule has 14 heavy (non-hydrogen) atoms. The summed E-state index contributed by atoms with van der Waals surface area (Å²) in [5.74, 6) is -1.05. The number of aromatic carboxylic acids is 1. The highest BCUT2D eigenvalue weighted by molar-refractivity contribution is 5.90. The smallest absolute Gasteiger partial charge is 0.336 e. The summed E-state index contributed by atoms with van der Waals surface area (Å²) < 4.78 is 0. The number of benzene rings is 1. The highest BCUT2D eigenvalue weighted by Gasteiger charge is 2.11. The lowest BCUT2D eigenvalue weighted by Crippen LogP contribution is -2.08. The van der Waals surface area contributed by atoms with Gasteiger partial charge in [0, 0.05) is 6.54 Å². The van der Waals surface area contributed by atoms with Gasteiger partial charge in [0.2, 0.25) is 0 Å². The molecule has 1 rings (SSSR count). The molecule has 0 bridgehead atoms. The first-order chi connectivity index (χ1) is 6.60. The number of nitrogens with zero attached hydrogens (tertiary/aromatic N) is 1. The zero-order valence-corrected chi connectivity index (χ0v) is 7.74. The fourth-order valence-corrected chi connectivity index (χ4v) is 1.26. The van der Waals surface area contributed by atoms with Crippen LogP contribution < -0.4 is 5.73 Å². The zero-order valence-electron chi connectivity index (χ0n) is 7.74. The topological polar surface area (TPSA) is 87.1 Å². The molecule has 1 aromatic carbocycles. The van der Waals surface area contributed by atoms with Crippen molar-refractivity contribution >= 4 is 5.97 Å². The molecule has 0 heterocycles. The number of carboxylic acid groups (broad SMARTS) is 1. The molecule has 3 N–H and O–H groups in total. The lowest BCUT2D eigenvalue weighted by atomic mass is 10.00. The molecule has 0 aliphatic carbocycles. The Labute approximate surface area is 81.6 Å². The van der Waals surface area contributed by atoms with Gasteiger partial charge >= 0.3 is 5.97 Å². The number of nitrogens with two attached hydrogens (primary N) is 1. The maximum atomic E-state index is 10.8. The predicted molar refractivity (Wildman–Crippen MR) is 50.7 cm³/mol. The fraction of sp³-hybridized carbons (Fsp3) is 0.200. The number of carboxylic acids is 1. The number of aryl methyl sites for hydroxylation is 1. The minimum atomic E-state index is -1.05. The largest absolute Gasteiger partial charge is 0.478 e. The first-order valence-corrected chi connectivity index (χ1v) is 4.07. The van der Waals surface area contributed by atoms with E-state index in [4.69, 9.17) is 16.1 Å². The van der Waals surface area contributed by atoms with Crippen molar-refractivity contribution in [2.45, 2.75) is 13.5 Å². The van der Waals surface area contributed by atoms with E-state index in [1.165, 1.54) is 6.07 Å². The molecule has 0 spiro atoms. The summed E-state index contributed by atoms with van der Waals surface area (Å²) in [4.78, 5) is 10.8. The van der Waals surface area contributed by atoms with E-state index in [0.717, 1.165) is 5.56 Å². The third kappa shape index (κ3) is 1.73. The van der Waals surface area contributed by atoms with Gasteiger partial charge in [0.15, 0.2) is 0 Å². The normalized spacial score (nSPS) is 9.50. The Bertz CT molecular complexity index is 419. The van der Waals surface area contributed by atoms with Crippen molar-refractivity contribution in [3.05, 3.63) is 34.4 Å². The fourth-order valence-electron chi connectivity index (χ4n) is 1.26. The molecule has 0 aliphatic heterocycles. The van der Waals surface area contributed by atoms with Gasteiger partial charge < -0.3 is 10.8 Å². The van der Waals surface area contributed by atoms with Gasteiger partial charge in [-0.15, -0.1) is 0 Å². The first-order valence-electron chi connectivity index (χ1n) is 4.07. The van der Waals surface area contributed by atoms with Gasteiger partial charge in [-0.1, -0.05) is 6.07 Å². The third-order valence-electron chi connectivity index (χ3n) is 2.02. The van der Waals surface area contributed by atoms with Crippen LogP contribution in [0.4, 0.5) is 0 Å². The van der Waals surface area contributed by atoms with E-state index < -0.39 is 5.97 Å². The van der Waals surface area contributed by atoms with Gasteiger partial charge in [-0.2, -0.15) is 5.26 Å². The highest BCUT2D eigenvalue weighted by atomic mass is 16.4. The first kappa shape index (κ1) is 10.2. The second-order valence-corrected chi connectivity index (χ2v) is 2.95. The second kappa shape index (κ2) is 3.90. The molecule has 72 valence electrons. The number of rotatable bonds is 2. The number of hydrogen-bond donors (Lipinski definition) is 2. The van der Waals surface area contributed by atoms with Crippen LogP contribution in [0.5, 0.6) is 0 Å². The van der Waals surface area contributed by atoms with E-state index in [2.05, 4.69) is 0 Å². The van der Waals surface area contributed by atoms with E-state index >= 15 is 0 Å². The van der Waals surface area contributed by atoms with Gasteiger partial charge in [0.1, 0.15) is 0 Å². The standard InChI is InChI=1S/C10H10N2O2/c1-6-2-8(5-12)9(10(13)14)3-7(6)4-11/h2-3H,5,12H2,1H3,(H,13,14). The molecule has 0 aromatic heterocycles. The van der Waals surface area contributed by atoms with Crippen molar-refractivity contribution in [3.8, 4) is 6.07 Å². The summed E-state index contributed by atoms with van der Waals surface area (Å²) in [6.07, 6.45) is 0. The van der Waals surface area contributed by atoms with E-state index in [1.807, 2.05) is 6.07 Å². The molecule has 0 amide bonds. The number of hydrogen-bond acceptors (Lipinski definition) is 3. The van der Waals surface area contributed by atoms with Crippen LogP contribution >= 0.6 is 0 Å². The van der Waals surface area contributed by atoms with E-state index in [-0.39, 0.29) is 12.1 Å². The van der Waals surface area contributed by atoms with Crippen molar-refractivity contribution < 1.29 is 9.90 Å². The second-order valence-electron chi connectivity index (χ2n) is 2.95. The van der Waals surface area contributed by atoms with Crippen molar-refractivity contribution in [2.75, 3.05) is 0 Å². The van der Waals surface area contributed by atoms with Crippen LogP contribution in [-0.4, -0.2) is 11.1 Å². The summed E-state index contributed by atoms with van der Waals surface area (Å²) in [6.45, 7) is 1.91. The molecule has 1 aromatic rings. The zero-order chi connectivity index (χ0) is 10.7. The van der Waals surface area contributed by atoms with Crippen molar-refractivity contribution in [1.29, 1.82) is 5.26 Å².